The van der Waals surface area contributed by atoms with E-state index in [9.17, 15) is 0 Å². The summed E-state index contributed by atoms with van der Waals surface area (Å²) in [5.41, 5.74) is 5.01. The largest absolute Gasteiger partial charge is 0.147 e. The molecule has 0 heterocycles. The number of hydrogen-bond donors (Lipinski definition) is 0. The summed E-state index contributed by atoms with van der Waals surface area (Å²) in [5, 5.41) is 0. The summed E-state index contributed by atoms with van der Waals surface area (Å²) in [6.07, 6.45) is 8.03. The molecule has 0 radical (unpaired) electrons. The Labute approximate surface area is 132 Å². The van der Waals surface area contributed by atoms with E-state index in [1.165, 1.54) is 12.0 Å². The Morgan fingerprint density at radius 1 is 1.06 bits per heavy atom. The molecule has 0 fully saturated rings. The predicted molar refractivity (Wildman–Crippen MR) is 81.2 cm³/mol. The van der Waals surface area contributed by atoms with E-state index < -0.39 is 0 Å². The average Bonchev–Trinajstić information content (AvgIpc) is 2.78. The SMILES string of the molecule is CC1=C(C)C(C)(C)[C]([Ti][C]2=CC=CC2)=C1C.Cl.Cl. The van der Waals surface area contributed by atoms with Gasteiger partial charge in [-0.15, -0.1) is 24.8 Å². The molecular formula is C15H22Cl2Ti. The Balaban J connectivity index is 0.00000144. The van der Waals surface area contributed by atoms with Crippen molar-refractivity contribution in [2.24, 2.45) is 5.41 Å². The third-order valence-electron chi connectivity index (χ3n) is 4.12. The Bertz CT molecular complexity index is 451. The second-order valence-electron chi connectivity index (χ2n) is 5.32. The molecule has 2 aliphatic rings. The van der Waals surface area contributed by atoms with Crippen molar-refractivity contribution in [3.63, 3.8) is 0 Å². The van der Waals surface area contributed by atoms with Crippen LogP contribution in [0.15, 0.2) is 42.7 Å². The van der Waals surface area contributed by atoms with Gasteiger partial charge in [0.2, 0.25) is 0 Å². The molecule has 0 bridgehead atoms. The number of halogens is 2. The minimum atomic E-state index is -0.0777. The summed E-state index contributed by atoms with van der Waals surface area (Å²) >= 11 is -0.0777. The third-order valence-corrected chi connectivity index (χ3v) is 7.15. The van der Waals surface area contributed by atoms with Gasteiger partial charge in [-0.1, -0.05) is 0 Å². The van der Waals surface area contributed by atoms with Gasteiger partial charge in [0.05, 0.1) is 0 Å². The molecule has 0 saturated carbocycles. The number of hydrogen-bond acceptors (Lipinski definition) is 0. The maximum Gasteiger partial charge on any atom is -0.147 e. The van der Waals surface area contributed by atoms with Gasteiger partial charge < -0.3 is 0 Å². The fraction of sp³-hybridized carbons (Fsp3) is 0.467. The fourth-order valence-corrected chi connectivity index (χ4v) is 5.04. The van der Waals surface area contributed by atoms with E-state index in [4.69, 9.17) is 0 Å². The van der Waals surface area contributed by atoms with Crippen LogP contribution in [0.5, 0.6) is 0 Å². The van der Waals surface area contributed by atoms with E-state index in [-0.39, 0.29) is 44.0 Å². The van der Waals surface area contributed by atoms with Gasteiger partial charge in [-0.05, 0) is 0 Å². The second kappa shape index (κ2) is 6.61. The van der Waals surface area contributed by atoms with Crippen LogP contribution in [-0.2, 0) is 19.2 Å². The fourth-order valence-electron chi connectivity index (χ4n) is 2.54. The molecule has 2 aliphatic carbocycles. The van der Waals surface area contributed by atoms with Crippen molar-refractivity contribution >= 4 is 24.8 Å². The van der Waals surface area contributed by atoms with E-state index in [1.54, 1.807) is 18.9 Å². The molecule has 0 aromatic rings. The maximum atomic E-state index is 2.39. The molecule has 18 heavy (non-hydrogen) atoms. The Morgan fingerprint density at radius 3 is 2.06 bits per heavy atom. The van der Waals surface area contributed by atoms with Crippen molar-refractivity contribution in [3.05, 3.63) is 42.7 Å². The first-order valence-corrected chi connectivity index (χ1v) is 7.53. The van der Waals surface area contributed by atoms with Crippen LogP contribution in [-0.4, -0.2) is 0 Å². The van der Waals surface area contributed by atoms with Crippen LogP contribution in [0.3, 0.4) is 0 Å². The van der Waals surface area contributed by atoms with Crippen LogP contribution < -0.4 is 0 Å². The van der Waals surface area contributed by atoms with Crippen LogP contribution in [0.1, 0.15) is 41.0 Å². The van der Waals surface area contributed by atoms with Crippen molar-refractivity contribution in [1.82, 2.24) is 0 Å². The summed E-state index contributed by atoms with van der Waals surface area (Å²) in [7, 11) is 0. The molecule has 2 rings (SSSR count). The zero-order chi connectivity index (χ0) is 11.9. The standard InChI is InChI=1S/C10H15.C5H5.2ClH.Ti/c1-7-6-10(4,5)9(3)8(7)2;1-2-4-5-3-1;;;/h1-5H3;1-3H,4H2;2*1H;. The molecule has 0 amide bonds. The molecule has 0 atom stereocenters. The van der Waals surface area contributed by atoms with E-state index in [2.05, 4.69) is 52.8 Å². The van der Waals surface area contributed by atoms with E-state index >= 15 is 0 Å². The Morgan fingerprint density at radius 2 is 1.67 bits per heavy atom. The Hall–Kier alpha value is 0.254. The zero-order valence-electron chi connectivity index (χ0n) is 11.8. The van der Waals surface area contributed by atoms with Gasteiger partial charge >= 0.3 is 108 Å². The first-order valence-electron chi connectivity index (χ1n) is 5.97. The Kier molecular flexibility index (Phi) is 6.71. The van der Waals surface area contributed by atoms with Gasteiger partial charge in [0.25, 0.3) is 0 Å². The van der Waals surface area contributed by atoms with Crippen LogP contribution in [0, 0.1) is 5.41 Å². The smallest absolute Gasteiger partial charge is 0.147 e. The van der Waals surface area contributed by atoms with Crippen molar-refractivity contribution in [3.8, 4) is 0 Å². The van der Waals surface area contributed by atoms with E-state index in [1.807, 2.05) is 0 Å². The first-order chi connectivity index (χ1) is 7.44. The van der Waals surface area contributed by atoms with Gasteiger partial charge in [-0.25, -0.2) is 0 Å². The molecule has 0 aromatic heterocycles. The van der Waals surface area contributed by atoms with Crippen LogP contribution in [0.25, 0.3) is 0 Å². The van der Waals surface area contributed by atoms with Crippen molar-refractivity contribution in [2.75, 3.05) is 0 Å². The first kappa shape index (κ1) is 18.3. The molecule has 0 saturated heterocycles. The zero-order valence-corrected chi connectivity index (χ0v) is 15.0. The minimum absolute atomic E-state index is 0. The van der Waals surface area contributed by atoms with Gasteiger partial charge in [-0.2, -0.15) is 0 Å². The summed E-state index contributed by atoms with van der Waals surface area (Å²) in [4.78, 5) is 0. The van der Waals surface area contributed by atoms with E-state index in [0.29, 0.717) is 5.41 Å². The molecule has 0 unspecified atom stereocenters. The molecule has 0 N–H and O–H groups in total. The van der Waals surface area contributed by atoms with Gasteiger partial charge in [0.1, 0.15) is 0 Å². The van der Waals surface area contributed by atoms with Crippen LogP contribution >= 0.6 is 24.8 Å². The maximum absolute atomic E-state index is 2.39. The number of rotatable bonds is 2. The summed E-state index contributed by atoms with van der Waals surface area (Å²) < 4.78 is 3.43. The second-order valence-corrected chi connectivity index (χ2v) is 7.50. The molecule has 0 aliphatic heterocycles. The summed E-state index contributed by atoms with van der Waals surface area (Å²) in [6, 6.07) is 0. The summed E-state index contributed by atoms with van der Waals surface area (Å²) in [5.74, 6) is 0. The van der Waals surface area contributed by atoms with Crippen LogP contribution in [0.4, 0.5) is 0 Å². The van der Waals surface area contributed by atoms with Crippen LogP contribution in [0.2, 0.25) is 0 Å². The van der Waals surface area contributed by atoms with Gasteiger partial charge in [-0.3, -0.25) is 0 Å². The molecule has 100 valence electrons. The van der Waals surface area contributed by atoms with Crippen molar-refractivity contribution in [1.29, 1.82) is 0 Å². The molecule has 0 spiro atoms. The number of allylic oxidation sites excluding steroid dienone is 8. The minimum Gasteiger partial charge on any atom is -0.147 e. The van der Waals surface area contributed by atoms with E-state index in [0.717, 1.165) is 0 Å². The third kappa shape index (κ3) is 3.04. The normalized spacial score (nSPS) is 20.6. The predicted octanol–water partition coefficient (Wildman–Crippen LogP) is 5.41. The monoisotopic (exact) mass is 320 g/mol. The molecule has 3 heteroatoms. The average molecular weight is 321 g/mol. The quantitative estimate of drug-likeness (QED) is 0.597. The topological polar surface area (TPSA) is 0 Å². The molecule has 0 nitrogen and oxygen atoms in total. The molecule has 0 aromatic carbocycles. The van der Waals surface area contributed by atoms with Gasteiger partial charge in [0, 0.05) is 0 Å². The van der Waals surface area contributed by atoms with Gasteiger partial charge in [0.15, 0.2) is 0 Å². The van der Waals surface area contributed by atoms with Crippen molar-refractivity contribution < 1.29 is 19.2 Å². The molecular weight excluding hydrogens is 299 g/mol. The summed E-state index contributed by atoms with van der Waals surface area (Å²) in [6.45, 7) is 11.7. The van der Waals surface area contributed by atoms with Crippen molar-refractivity contribution in [2.45, 2.75) is 41.0 Å².